The van der Waals surface area contributed by atoms with Crippen LogP contribution in [-0.4, -0.2) is 40.0 Å². The van der Waals surface area contributed by atoms with E-state index in [1.54, 1.807) is 7.11 Å². The van der Waals surface area contributed by atoms with Crippen molar-refractivity contribution in [1.82, 2.24) is 25.1 Å². The normalized spacial score (nSPS) is 11.1. The van der Waals surface area contributed by atoms with Crippen LogP contribution in [0.15, 0.2) is 85.2 Å². The second-order valence-electron chi connectivity index (χ2n) is 8.35. The Bertz CT molecular complexity index is 1420. The molecule has 0 spiro atoms. The van der Waals surface area contributed by atoms with Gasteiger partial charge in [0.1, 0.15) is 29.3 Å². The number of ether oxygens (including phenoxy) is 2. The van der Waals surface area contributed by atoms with Crippen molar-refractivity contribution < 1.29 is 9.47 Å². The van der Waals surface area contributed by atoms with E-state index in [2.05, 4.69) is 27.4 Å². The topological polar surface area (TPSA) is 100 Å². The Morgan fingerprint density at radius 3 is 2.39 bits per heavy atom. The average Bonchev–Trinajstić information content (AvgIpc) is 3.31. The molecule has 3 N–H and O–H groups in total. The minimum atomic E-state index is 0.391. The number of nitrogens with one attached hydrogen (secondary N) is 1. The van der Waals surface area contributed by atoms with E-state index in [1.807, 2.05) is 71.4 Å². The van der Waals surface area contributed by atoms with Gasteiger partial charge in [-0.15, -0.1) is 0 Å². The van der Waals surface area contributed by atoms with Gasteiger partial charge in [0.05, 0.1) is 11.1 Å². The van der Waals surface area contributed by atoms with Gasteiger partial charge < -0.3 is 20.5 Å². The fraction of sp³-hybridized carbons (Fsp3) is 0.179. The minimum absolute atomic E-state index is 0.391. The van der Waals surface area contributed by atoms with Crippen LogP contribution in [0.1, 0.15) is 12.0 Å². The van der Waals surface area contributed by atoms with Gasteiger partial charge in [-0.3, -0.25) is 0 Å². The lowest BCUT2D eigenvalue weighted by Crippen LogP contribution is -2.16. The Kier molecular flexibility index (Phi) is 7.16. The monoisotopic (exact) mass is 480 g/mol. The number of benzene rings is 3. The molecule has 0 radical (unpaired) electrons. The molecule has 0 aliphatic heterocycles. The van der Waals surface area contributed by atoms with E-state index in [4.69, 9.17) is 20.3 Å². The third-order valence-corrected chi connectivity index (χ3v) is 5.81. The number of hydrogen-bond acceptors (Lipinski definition) is 7. The molecule has 0 amide bonds. The predicted molar refractivity (Wildman–Crippen MR) is 141 cm³/mol. The van der Waals surface area contributed by atoms with Gasteiger partial charge >= 0.3 is 0 Å². The van der Waals surface area contributed by atoms with Crippen molar-refractivity contribution >= 4 is 16.9 Å². The fourth-order valence-corrected chi connectivity index (χ4v) is 3.99. The average molecular weight is 481 g/mol. The van der Waals surface area contributed by atoms with E-state index in [-0.39, 0.29) is 0 Å². The van der Waals surface area contributed by atoms with E-state index in [9.17, 15) is 0 Å². The number of para-hydroxylation sites is 1. The van der Waals surface area contributed by atoms with Gasteiger partial charge in [-0.05, 0) is 67.1 Å². The Labute approximate surface area is 209 Å². The van der Waals surface area contributed by atoms with Gasteiger partial charge in [-0.2, -0.15) is 5.10 Å². The lowest BCUT2D eigenvalue weighted by atomic mass is 10.1. The summed E-state index contributed by atoms with van der Waals surface area (Å²) in [5.74, 6) is 1.92. The zero-order valence-corrected chi connectivity index (χ0v) is 20.1. The molecule has 0 atom stereocenters. The molecule has 8 heteroatoms. The van der Waals surface area contributed by atoms with Crippen LogP contribution in [0.25, 0.3) is 28.0 Å². The number of fused-ring (bicyclic) bond motifs is 1. The molecule has 182 valence electrons. The SMILES string of the molecule is COCCCNCc1ccc(-n2nc(-c3ccc(Oc4ccccc4)cc3)c3c(N)ncnc32)cc1. The van der Waals surface area contributed by atoms with Crippen molar-refractivity contribution in [1.29, 1.82) is 0 Å². The third-order valence-electron chi connectivity index (χ3n) is 5.81. The predicted octanol–water partition coefficient (Wildman–Crippen LogP) is 4.98. The van der Waals surface area contributed by atoms with Crippen molar-refractivity contribution in [2.45, 2.75) is 13.0 Å². The number of nitrogens with two attached hydrogens (primary N) is 1. The van der Waals surface area contributed by atoms with Gasteiger partial charge in [0.15, 0.2) is 5.65 Å². The summed E-state index contributed by atoms with van der Waals surface area (Å²) in [5, 5.41) is 9.04. The summed E-state index contributed by atoms with van der Waals surface area (Å²) < 4.78 is 12.8. The summed E-state index contributed by atoms with van der Waals surface area (Å²) >= 11 is 0. The molecular weight excluding hydrogens is 452 g/mol. The first-order valence-corrected chi connectivity index (χ1v) is 11.8. The molecule has 0 aliphatic carbocycles. The van der Waals surface area contributed by atoms with Crippen LogP contribution in [-0.2, 0) is 11.3 Å². The lowest BCUT2D eigenvalue weighted by Gasteiger charge is -2.07. The summed E-state index contributed by atoms with van der Waals surface area (Å²) in [7, 11) is 1.72. The molecule has 2 aromatic heterocycles. The molecule has 36 heavy (non-hydrogen) atoms. The largest absolute Gasteiger partial charge is 0.457 e. The van der Waals surface area contributed by atoms with E-state index in [0.29, 0.717) is 11.5 Å². The van der Waals surface area contributed by atoms with Gasteiger partial charge in [0.2, 0.25) is 0 Å². The zero-order valence-electron chi connectivity index (χ0n) is 20.1. The standard InChI is InChI=1S/C28H28N6O2/c1-35-17-5-16-30-18-20-8-12-22(13-9-20)34-28-25(27(29)31-19-32-28)26(33-34)21-10-14-24(15-11-21)36-23-6-3-2-4-7-23/h2-4,6-15,19,30H,5,16-18H2,1H3,(H2,29,31,32). The molecule has 5 rings (SSSR count). The fourth-order valence-electron chi connectivity index (χ4n) is 3.99. The highest BCUT2D eigenvalue weighted by atomic mass is 16.5. The van der Waals surface area contributed by atoms with Crippen LogP contribution >= 0.6 is 0 Å². The smallest absolute Gasteiger partial charge is 0.169 e. The minimum Gasteiger partial charge on any atom is -0.457 e. The van der Waals surface area contributed by atoms with E-state index >= 15 is 0 Å². The van der Waals surface area contributed by atoms with E-state index in [1.165, 1.54) is 11.9 Å². The first kappa shape index (κ1) is 23.5. The molecule has 0 saturated carbocycles. The second-order valence-corrected chi connectivity index (χ2v) is 8.35. The highest BCUT2D eigenvalue weighted by Crippen LogP contribution is 2.33. The number of rotatable bonds is 10. The molecule has 3 aromatic carbocycles. The van der Waals surface area contributed by atoms with Crippen LogP contribution < -0.4 is 15.8 Å². The number of hydrogen-bond donors (Lipinski definition) is 2. The highest BCUT2D eigenvalue weighted by Gasteiger charge is 2.18. The quantitative estimate of drug-likeness (QED) is 0.272. The van der Waals surface area contributed by atoms with Crippen molar-refractivity contribution in [3.63, 3.8) is 0 Å². The van der Waals surface area contributed by atoms with Crippen molar-refractivity contribution in [2.24, 2.45) is 0 Å². The molecule has 0 bridgehead atoms. The van der Waals surface area contributed by atoms with Gasteiger partial charge in [0, 0.05) is 25.8 Å². The Morgan fingerprint density at radius 2 is 1.64 bits per heavy atom. The third kappa shape index (κ3) is 5.19. The number of anilines is 1. The summed E-state index contributed by atoms with van der Waals surface area (Å²) in [5.41, 5.74) is 10.7. The maximum Gasteiger partial charge on any atom is 0.169 e. The maximum absolute atomic E-state index is 6.29. The zero-order chi connectivity index (χ0) is 24.7. The molecule has 8 nitrogen and oxygen atoms in total. The molecule has 5 aromatic rings. The van der Waals surface area contributed by atoms with Crippen molar-refractivity contribution in [2.75, 3.05) is 26.0 Å². The van der Waals surface area contributed by atoms with Crippen molar-refractivity contribution in [3.05, 3.63) is 90.8 Å². The highest BCUT2D eigenvalue weighted by molar-refractivity contribution is 5.98. The van der Waals surface area contributed by atoms with Crippen LogP contribution in [0.3, 0.4) is 0 Å². The Balaban J connectivity index is 1.41. The molecule has 0 aliphatic rings. The van der Waals surface area contributed by atoms with E-state index in [0.717, 1.165) is 59.9 Å². The van der Waals surface area contributed by atoms with Gasteiger partial charge in [-0.25, -0.2) is 14.6 Å². The van der Waals surface area contributed by atoms with Gasteiger partial charge in [-0.1, -0.05) is 30.3 Å². The number of methoxy groups -OCH3 is 1. The van der Waals surface area contributed by atoms with Crippen LogP contribution in [0.4, 0.5) is 5.82 Å². The van der Waals surface area contributed by atoms with E-state index < -0.39 is 0 Å². The van der Waals surface area contributed by atoms with Crippen LogP contribution in [0, 0.1) is 0 Å². The Hall–Kier alpha value is -4.27. The summed E-state index contributed by atoms with van der Waals surface area (Å²) in [4.78, 5) is 8.71. The summed E-state index contributed by atoms with van der Waals surface area (Å²) in [6, 6.07) is 25.7. The number of nitrogens with zero attached hydrogens (tertiary/aromatic N) is 4. The maximum atomic E-state index is 6.29. The van der Waals surface area contributed by atoms with Crippen LogP contribution in [0.2, 0.25) is 0 Å². The summed E-state index contributed by atoms with van der Waals surface area (Å²) in [6.45, 7) is 2.46. The molecular formula is C28H28N6O2. The van der Waals surface area contributed by atoms with Crippen molar-refractivity contribution in [3.8, 4) is 28.4 Å². The Morgan fingerprint density at radius 1 is 0.889 bits per heavy atom. The lowest BCUT2D eigenvalue weighted by molar-refractivity contribution is 0.194. The first-order chi connectivity index (χ1) is 17.7. The van der Waals surface area contributed by atoms with Crippen LogP contribution in [0.5, 0.6) is 11.5 Å². The molecule has 0 fully saturated rings. The molecule has 0 unspecified atom stereocenters. The molecule has 2 heterocycles. The van der Waals surface area contributed by atoms with Gasteiger partial charge in [0.25, 0.3) is 0 Å². The summed E-state index contributed by atoms with van der Waals surface area (Å²) in [6.07, 6.45) is 2.45. The molecule has 0 saturated heterocycles. The number of nitrogen functional groups attached to an aromatic ring is 1. The second kappa shape index (κ2) is 11.0. The number of aromatic nitrogens is 4. The first-order valence-electron chi connectivity index (χ1n) is 11.8.